The number of methoxy groups -OCH3 is 1. The summed E-state index contributed by atoms with van der Waals surface area (Å²) in [6.07, 6.45) is 0. The van der Waals surface area contributed by atoms with Gasteiger partial charge in [0.05, 0.1) is 18.4 Å². The minimum atomic E-state index is -0.616. The fraction of sp³-hybridized carbons (Fsp3) is 0.121. The molecule has 1 aliphatic heterocycles. The van der Waals surface area contributed by atoms with Crippen molar-refractivity contribution in [2.75, 3.05) is 17.7 Å². The van der Waals surface area contributed by atoms with Gasteiger partial charge in [-0.25, -0.2) is 4.68 Å². The summed E-state index contributed by atoms with van der Waals surface area (Å²) < 4.78 is 13.3. The Morgan fingerprint density at radius 2 is 1.74 bits per heavy atom. The number of phenols is 1. The van der Waals surface area contributed by atoms with Crippen LogP contribution in [0.2, 0.25) is 0 Å². The van der Waals surface area contributed by atoms with E-state index in [0.29, 0.717) is 46.8 Å². The van der Waals surface area contributed by atoms with Gasteiger partial charge in [-0.3, -0.25) is 4.79 Å². The Balaban J connectivity index is 1.40. The number of para-hydroxylation sites is 2. The van der Waals surface area contributed by atoms with Crippen molar-refractivity contribution in [1.82, 2.24) is 14.8 Å². The molecule has 1 unspecified atom stereocenters. The second-order valence-corrected chi connectivity index (χ2v) is 9.82. The smallest absolute Gasteiger partial charge is 0.255 e. The van der Waals surface area contributed by atoms with Gasteiger partial charge in [0.15, 0.2) is 5.82 Å². The van der Waals surface area contributed by atoms with Gasteiger partial charge in [-0.15, -0.1) is 5.10 Å². The Kier molecular flexibility index (Phi) is 7.30. The molecule has 0 bridgehead atoms. The van der Waals surface area contributed by atoms with Crippen molar-refractivity contribution in [3.05, 3.63) is 126 Å². The number of hydrogen-bond donors (Lipinski definition) is 3. The van der Waals surface area contributed by atoms with E-state index in [1.807, 2.05) is 73.7 Å². The highest BCUT2D eigenvalue weighted by Gasteiger charge is 2.35. The van der Waals surface area contributed by atoms with Crippen molar-refractivity contribution < 1.29 is 19.4 Å². The quantitative estimate of drug-likeness (QED) is 0.209. The highest BCUT2D eigenvalue weighted by molar-refractivity contribution is 6.06. The molecule has 9 heteroatoms. The first-order valence-corrected chi connectivity index (χ1v) is 13.4. The van der Waals surface area contributed by atoms with E-state index in [1.165, 1.54) is 0 Å². The zero-order valence-corrected chi connectivity index (χ0v) is 23.1. The number of amides is 1. The third-order valence-corrected chi connectivity index (χ3v) is 7.00. The number of fused-ring (bicyclic) bond motifs is 1. The first-order chi connectivity index (χ1) is 20.5. The summed E-state index contributed by atoms with van der Waals surface area (Å²) in [5.74, 6) is 2.01. The number of hydrogen-bond acceptors (Lipinski definition) is 7. The second kappa shape index (κ2) is 11.5. The molecule has 3 N–H and O–H groups in total. The number of benzene rings is 4. The van der Waals surface area contributed by atoms with Crippen molar-refractivity contribution in [3.8, 4) is 28.6 Å². The minimum absolute atomic E-state index is 0.152. The van der Waals surface area contributed by atoms with E-state index in [2.05, 4.69) is 10.6 Å². The fourth-order valence-electron chi connectivity index (χ4n) is 4.94. The Morgan fingerprint density at radius 3 is 2.52 bits per heavy atom. The number of carbonyl (C=O) groups excluding carboxylic acids is 1. The largest absolute Gasteiger partial charge is 0.508 e. The number of allylic oxidation sites excluding steroid dienone is 1. The number of anilines is 2. The van der Waals surface area contributed by atoms with Gasteiger partial charge in [0, 0.05) is 11.3 Å². The zero-order valence-electron chi connectivity index (χ0n) is 23.1. The standard InChI is InChI=1S/C33H29N5O4/c1-21-29(32(40)35-27-13-6-7-14-28(27)41-2)30(24-11-8-12-26(19-24)42-20-22-9-4-3-5-10-22)38-33(34-21)36-31(37-38)23-15-17-25(39)18-16-23/h3-19,30,39H,20H2,1-2H3,(H,35,40)(H,34,36,37). The van der Waals surface area contributed by atoms with Crippen LogP contribution in [0.4, 0.5) is 11.6 Å². The number of nitrogens with zero attached hydrogens (tertiary/aromatic N) is 3. The van der Waals surface area contributed by atoms with E-state index in [-0.39, 0.29) is 11.7 Å². The average Bonchev–Trinajstić information content (AvgIpc) is 3.44. The Hall–Kier alpha value is -5.57. The Labute approximate surface area is 243 Å². The molecular formula is C33H29N5O4. The summed E-state index contributed by atoms with van der Waals surface area (Å²) in [5, 5.41) is 20.9. The molecule has 1 atom stereocenters. The van der Waals surface area contributed by atoms with Crippen LogP contribution in [0.3, 0.4) is 0 Å². The van der Waals surface area contributed by atoms with Crippen LogP contribution in [0.5, 0.6) is 17.2 Å². The second-order valence-electron chi connectivity index (χ2n) is 9.82. The number of aromatic hydroxyl groups is 1. The molecule has 4 aromatic carbocycles. The van der Waals surface area contributed by atoms with E-state index in [4.69, 9.17) is 19.6 Å². The van der Waals surface area contributed by atoms with Crippen LogP contribution in [0.15, 0.2) is 114 Å². The fourth-order valence-corrected chi connectivity index (χ4v) is 4.94. The van der Waals surface area contributed by atoms with Crippen molar-refractivity contribution >= 4 is 17.5 Å². The third kappa shape index (κ3) is 5.40. The lowest BCUT2D eigenvalue weighted by molar-refractivity contribution is -0.113. The number of nitrogens with one attached hydrogen (secondary N) is 2. The molecule has 0 fully saturated rings. The molecule has 1 aromatic heterocycles. The van der Waals surface area contributed by atoms with Gasteiger partial charge in [0.1, 0.15) is 29.9 Å². The van der Waals surface area contributed by atoms with Gasteiger partial charge in [-0.1, -0.05) is 54.6 Å². The maximum atomic E-state index is 14.0. The molecule has 0 spiro atoms. The van der Waals surface area contributed by atoms with Gasteiger partial charge < -0.3 is 25.2 Å². The molecular weight excluding hydrogens is 530 g/mol. The highest BCUT2D eigenvalue weighted by atomic mass is 16.5. The summed E-state index contributed by atoms with van der Waals surface area (Å²) in [6, 6.07) is 30.9. The van der Waals surface area contributed by atoms with Crippen LogP contribution in [-0.2, 0) is 11.4 Å². The SMILES string of the molecule is COc1ccccc1NC(=O)C1=C(C)Nc2nc(-c3ccc(O)cc3)nn2C1c1cccc(OCc2ccccc2)c1. The molecule has 6 rings (SSSR count). The lowest BCUT2D eigenvalue weighted by Crippen LogP contribution is -2.31. The van der Waals surface area contributed by atoms with Crippen LogP contribution in [0, 0.1) is 0 Å². The monoisotopic (exact) mass is 559 g/mol. The van der Waals surface area contributed by atoms with Crippen LogP contribution in [0.1, 0.15) is 24.1 Å². The molecule has 9 nitrogen and oxygen atoms in total. The van der Waals surface area contributed by atoms with Crippen LogP contribution >= 0.6 is 0 Å². The third-order valence-electron chi connectivity index (χ3n) is 7.00. The zero-order chi connectivity index (χ0) is 29.1. The van der Waals surface area contributed by atoms with Crippen molar-refractivity contribution in [2.24, 2.45) is 0 Å². The van der Waals surface area contributed by atoms with Crippen LogP contribution < -0.4 is 20.1 Å². The first kappa shape index (κ1) is 26.6. The predicted molar refractivity (Wildman–Crippen MR) is 160 cm³/mol. The lowest BCUT2D eigenvalue weighted by Gasteiger charge is -2.29. The number of aromatic nitrogens is 3. The molecule has 5 aromatic rings. The van der Waals surface area contributed by atoms with Crippen LogP contribution in [0.25, 0.3) is 11.4 Å². The summed E-state index contributed by atoms with van der Waals surface area (Å²) in [4.78, 5) is 18.7. The van der Waals surface area contributed by atoms with E-state index >= 15 is 0 Å². The number of carbonyl (C=O) groups is 1. The van der Waals surface area contributed by atoms with Gasteiger partial charge in [-0.2, -0.15) is 4.98 Å². The Morgan fingerprint density at radius 1 is 0.976 bits per heavy atom. The molecule has 0 saturated carbocycles. The van der Waals surface area contributed by atoms with E-state index in [0.717, 1.165) is 16.7 Å². The van der Waals surface area contributed by atoms with E-state index in [9.17, 15) is 9.90 Å². The Bertz CT molecular complexity index is 1760. The van der Waals surface area contributed by atoms with Crippen LogP contribution in [-0.4, -0.2) is 32.9 Å². The minimum Gasteiger partial charge on any atom is -0.508 e. The number of rotatable bonds is 8. The molecule has 0 radical (unpaired) electrons. The maximum Gasteiger partial charge on any atom is 0.255 e. The normalized spacial score (nSPS) is 14.1. The van der Waals surface area contributed by atoms with Gasteiger partial charge >= 0.3 is 0 Å². The highest BCUT2D eigenvalue weighted by Crippen LogP contribution is 2.38. The molecule has 1 amide bonds. The molecule has 0 aliphatic carbocycles. The van der Waals surface area contributed by atoms with E-state index < -0.39 is 6.04 Å². The summed E-state index contributed by atoms with van der Waals surface area (Å²) >= 11 is 0. The molecule has 1 aliphatic rings. The summed E-state index contributed by atoms with van der Waals surface area (Å²) in [5.41, 5.74) is 4.24. The van der Waals surface area contributed by atoms with Gasteiger partial charge in [0.2, 0.25) is 5.95 Å². The summed E-state index contributed by atoms with van der Waals surface area (Å²) in [7, 11) is 1.56. The molecule has 2 heterocycles. The number of ether oxygens (including phenoxy) is 2. The summed E-state index contributed by atoms with van der Waals surface area (Å²) in [6.45, 7) is 2.25. The lowest BCUT2D eigenvalue weighted by atomic mass is 9.94. The molecule has 42 heavy (non-hydrogen) atoms. The van der Waals surface area contributed by atoms with Gasteiger partial charge in [-0.05, 0) is 66.6 Å². The predicted octanol–water partition coefficient (Wildman–Crippen LogP) is 6.17. The van der Waals surface area contributed by atoms with Crippen molar-refractivity contribution in [1.29, 1.82) is 0 Å². The van der Waals surface area contributed by atoms with Crippen molar-refractivity contribution in [3.63, 3.8) is 0 Å². The van der Waals surface area contributed by atoms with E-state index in [1.54, 1.807) is 48.2 Å². The van der Waals surface area contributed by atoms with Gasteiger partial charge in [0.25, 0.3) is 5.91 Å². The average molecular weight is 560 g/mol. The first-order valence-electron chi connectivity index (χ1n) is 13.4. The molecule has 0 saturated heterocycles. The maximum absolute atomic E-state index is 14.0. The number of phenolic OH excluding ortho intramolecular Hbond substituents is 1. The topological polar surface area (TPSA) is 111 Å². The van der Waals surface area contributed by atoms with Crippen molar-refractivity contribution in [2.45, 2.75) is 19.6 Å². The molecule has 210 valence electrons.